The molecule has 0 atom stereocenters. The van der Waals surface area contributed by atoms with Crippen LogP contribution < -0.4 is 14.8 Å². The standard InChI is InChI=1S/C17H21N5O3/c1-12-9-19-22(11-12)7-6-18-10-16-20-17(21-25-16)14-5-4-13(23-2)8-15(14)24-3/h4-5,8-9,11,18H,6-7,10H2,1-3H3. The minimum Gasteiger partial charge on any atom is -0.497 e. The molecule has 0 unspecified atom stereocenters. The molecule has 0 aliphatic heterocycles. The van der Waals surface area contributed by atoms with Gasteiger partial charge in [-0.05, 0) is 24.6 Å². The molecule has 0 aliphatic rings. The topological polar surface area (TPSA) is 87.2 Å². The molecule has 1 aromatic carbocycles. The van der Waals surface area contributed by atoms with Gasteiger partial charge in [-0.3, -0.25) is 4.68 Å². The van der Waals surface area contributed by atoms with Gasteiger partial charge in [0.2, 0.25) is 11.7 Å². The summed E-state index contributed by atoms with van der Waals surface area (Å²) in [6, 6.07) is 5.47. The summed E-state index contributed by atoms with van der Waals surface area (Å²) < 4.78 is 17.8. The van der Waals surface area contributed by atoms with Crippen LogP contribution in [0.1, 0.15) is 11.5 Å². The van der Waals surface area contributed by atoms with Gasteiger partial charge in [0, 0.05) is 18.8 Å². The predicted octanol–water partition coefficient (Wildman–Crippen LogP) is 2.05. The van der Waals surface area contributed by atoms with Crippen LogP contribution in [-0.2, 0) is 13.1 Å². The molecule has 0 bridgehead atoms. The highest BCUT2D eigenvalue weighted by Crippen LogP contribution is 2.31. The molecule has 0 radical (unpaired) electrons. The van der Waals surface area contributed by atoms with E-state index in [0.717, 1.165) is 24.2 Å². The minimum atomic E-state index is 0.485. The van der Waals surface area contributed by atoms with E-state index < -0.39 is 0 Å². The maximum Gasteiger partial charge on any atom is 0.240 e. The Kier molecular flexibility index (Phi) is 5.30. The number of hydrogen-bond donors (Lipinski definition) is 1. The molecule has 3 aromatic rings. The lowest BCUT2D eigenvalue weighted by Gasteiger charge is -2.07. The highest BCUT2D eigenvalue weighted by molar-refractivity contribution is 5.65. The molecule has 0 amide bonds. The van der Waals surface area contributed by atoms with Crippen LogP contribution in [-0.4, -0.2) is 40.7 Å². The Balaban J connectivity index is 1.58. The highest BCUT2D eigenvalue weighted by atomic mass is 16.5. The van der Waals surface area contributed by atoms with Crippen molar-refractivity contribution in [3.05, 3.63) is 42.0 Å². The maximum atomic E-state index is 5.37. The first-order valence-electron chi connectivity index (χ1n) is 7.94. The van der Waals surface area contributed by atoms with E-state index in [-0.39, 0.29) is 0 Å². The number of methoxy groups -OCH3 is 2. The van der Waals surface area contributed by atoms with E-state index in [1.54, 1.807) is 20.3 Å². The quantitative estimate of drug-likeness (QED) is 0.626. The molecule has 3 rings (SSSR count). The molecule has 8 heteroatoms. The first-order chi connectivity index (χ1) is 12.2. The Hall–Kier alpha value is -2.87. The average Bonchev–Trinajstić information content (AvgIpc) is 3.27. The summed E-state index contributed by atoms with van der Waals surface area (Å²) in [5.41, 5.74) is 1.90. The van der Waals surface area contributed by atoms with Crippen molar-refractivity contribution in [1.82, 2.24) is 25.2 Å². The van der Waals surface area contributed by atoms with Crippen LogP contribution >= 0.6 is 0 Å². The molecule has 2 aromatic heterocycles. The predicted molar refractivity (Wildman–Crippen MR) is 91.5 cm³/mol. The van der Waals surface area contributed by atoms with Crippen molar-refractivity contribution in [2.24, 2.45) is 0 Å². The molecule has 0 spiro atoms. The van der Waals surface area contributed by atoms with E-state index in [4.69, 9.17) is 14.0 Å². The molecule has 0 saturated carbocycles. The first-order valence-corrected chi connectivity index (χ1v) is 7.94. The van der Waals surface area contributed by atoms with Gasteiger partial charge < -0.3 is 19.3 Å². The summed E-state index contributed by atoms with van der Waals surface area (Å²) >= 11 is 0. The van der Waals surface area contributed by atoms with Gasteiger partial charge in [0.25, 0.3) is 0 Å². The van der Waals surface area contributed by atoms with E-state index in [1.165, 1.54) is 0 Å². The molecule has 0 aliphatic carbocycles. The average molecular weight is 343 g/mol. The second kappa shape index (κ2) is 7.80. The van der Waals surface area contributed by atoms with Crippen LogP contribution in [0.5, 0.6) is 11.5 Å². The van der Waals surface area contributed by atoms with E-state index in [1.807, 2.05) is 36.1 Å². The fraction of sp³-hybridized carbons (Fsp3) is 0.353. The number of nitrogens with one attached hydrogen (secondary N) is 1. The SMILES string of the molecule is COc1ccc(-c2noc(CNCCn3cc(C)cn3)n2)c(OC)c1. The fourth-order valence-corrected chi connectivity index (χ4v) is 2.40. The molecule has 25 heavy (non-hydrogen) atoms. The van der Waals surface area contributed by atoms with E-state index in [0.29, 0.717) is 29.8 Å². The summed E-state index contributed by atoms with van der Waals surface area (Å²) in [7, 11) is 3.20. The van der Waals surface area contributed by atoms with Gasteiger partial charge in [0.05, 0.1) is 39.1 Å². The zero-order valence-corrected chi connectivity index (χ0v) is 14.5. The normalized spacial score (nSPS) is 10.8. The van der Waals surface area contributed by atoms with Gasteiger partial charge in [-0.15, -0.1) is 0 Å². The molecule has 0 saturated heterocycles. The highest BCUT2D eigenvalue weighted by Gasteiger charge is 2.14. The monoisotopic (exact) mass is 343 g/mol. The number of rotatable bonds is 8. The molecular formula is C17H21N5O3. The minimum absolute atomic E-state index is 0.485. The van der Waals surface area contributed by atoms with Crippen molar-refractivity contribution < 1.29 is 14.0 Å². The van der Waals surface area contributed by atoms with E-state index in [9.17, 15) is 0 Å². The summed E-state index contributed by atoms with van der Waals surface area (Å²) in [5, 5.41) is 11.5. The van der Waals surface area contributed by atoms with Gasteiger partial charge in [-0.25, -0.2) is 0 Å². The largest absolute Gasteiger partial charge is 0.497 e. The van der Waals surface area contributed by atoms with Crippen LogP contribution in [0.15, 0.2) is 35.1 Å². The zero-order chi connectivity index (χ0) is 17.6. The van der Waals surface area contributed by atoms with Crippen molar-refractivity contribution in [1.29, 1.82) is 0 Å². The number of aromatic nitrogens is 4. The lowest BCUT2D eigenvalue weighted by Crippen LogP contribution is -2.19. The Morgan fingerprint density at radius 2 is 2.12 bits per heavy atom. The van der Waals surface area contributed by atoms with Crippen molar-refractivity contribution >= 4 is 0 Å². The first kappa shape index (κ1) is 17.0. The summed E-state index contributed by atoms with van der Waals surface area (Å²) in [6.45, 7) is 4.04. The van der Waals surface area contributed by atoms with Crippen LogP contribution in [0.4, 0.5) is 0 Å². The van der Waals surface area contributed by atoms with Crippen LogP contribution in [0, 0.1) is 6.92 Å². The van der Waals surface area contributed by atoms with Gasteiger partial charge in [0.1, 0.15) is 11.5 Å². The van der Waals surface area contributed by atoms with Gasteiger partial charge in [-0.2, -0.15) is 10.1 Å². The van der Waals surface area contributed by atoms with Crippen LogP contribution in [0.3, 0.4) is 0 Å². The summed E-state index contributed by atoms with van der Waals surface area (Å²) in [4.78, 5) is 4.41. The lowest BCUT2D eigenvalue weighted by atomic mass is 10.2. The Morgan fingerprint density at radius 3 is 2.84 bits per heavy atom. The zero-order valence-electron chi connectivity index (χ0n) is 14.5. The second-order valence-corrected chi connectivity index (χ2v) is 5.54. The fourth-order valence-electron chi connectivity index (χ4n) is 2.40. The van der Waals surface area contributed by atoms with Crippen molar-refractivity contribution in [2.75, 3.05) is 20.8 Å². The van der Waals surface area contributed by atoms with E-state index >= 15 is 0 Å². The number of hydrogen-bond acceptors (Lipinski definition) is 7. The molecule has 0 fully saturated rings. The number of ether oxygens (including phenoxy) is 2. The Morgan fingerprint density at radius 1 is 1.24 bits per heavy atom. The van der Waals surface area contributed by atoms with Crippen molar-refractivity contribution in [3.63, 3.8) is 0 Å². The van der Waals surface area contributed by atoms with Crippen molar-refractivity contribution in [3.8, 4) is 22.9 Å². The molecule has 1 N–H and O–H groups in total. The van der Waals surface area contributed by atoms with Crippen molar-refractivity contribution in [2.45, 2.75) is 20.0 Å². The molecule has 2 heterocycles. The third kappa shape index (κ3) is 4.16. The molecular weight excluding hydrogens is 322 g/mol. The van der Waals surface area contributed by atoms with Crippen LogP contribution in [0.2, 0.25) is 0 Å². The van der Waals surface area contributed by atoms with Crippen LogP contribution in [0.25, 0.3) is 11.4 Å². The number of aryl methyl sites for hydroxylation is 1. The lowest BCUT2D eigenvalue weighted by molar-refractivity contribution is 0.365. The summed E-state index contributed by atoms with van der Waals surface area (Å²) in [6.07, 6.45) is 3.84. The second-order valence-electron chi connectivity index (χ2n) is 5.54. The number of nitrogens with zero attached hydrogens (tertiary/aromatic N) is 4. The Bertz CT molecular complexity index is 827. The summed E-state index contributed by atoms with van der Waals surface area (Å²) in [5.74, 6) is 2.34. The maximum absolute atomic E-state index is 5.37. The van der Waals surface area contributed by atoms with Gasteiger partial charge in [0.15, 0.2) is 0 Å². The molecule has 8 nitrogen and oxygen atoms in total. The smallest absolute Gasteiger partial charge is 0.240 e. The molecule has 132 valence electrons. The van der Waals surface area contributed by atoms with E-state index in [2.05, 4.69) is 20.6 Å². The Labute approximate surface area is 145 Å². The number of benzene rings is 1. The van der Waals surface area contributed by atoms with Gasteiger partial charge in [-0.1, -0.05) is 5.16 Å². The third-order valence-corrected chi connectivity index (χ3v) is 3.67. The third-order valence-electron chi connectivity index (χ3n) is 3.67. The van der Waals surface area contributed by atoms with Gasteiger partial charge >= 0.3 is 0 Å².